The van der Waals surface area contributed by atoms with Gasteiger partial charge in [0.2, 0.25) is 0 Å². The maximum absolute atomic E-state index is 11.5. The summed E-state index contributed by atoms with van der Waals surface area (Å²) < 4.78 is 0. The molecule has 1 aliphatic carbocycles. The molecule has 0 spiro atoms. The van der Waals surface area contributed by atoms with Crippen molar-refractivity contribution < 1.29 is 4.79 Å². The first-order valence-electron chi connectivity index (χ1n) is 4.59. The standard InChI is InChI=1S/C11H16O/c1-3-6-11(12)10-8-5-4-7-9(10)2/h3-4,6-7,9-10H,5,8H2,1-2H3. The van der Waals surface area contributed by atoms with Crippen LogP contribution in [0, 0.1) is 11.8 Å². The van der Waals surface area contributed by atoms with Crippen molar-refractivity contribution in [3.63, 3.8) is 0 Å². The molecule has 0 amide bonds. The first-order chi connectivity index (χ1) is 5.75. The molecule has 0 saturated carbocycles. The topological polar surface area (TPSA) is 17.1 Å². The second kappa shape index (κ2) is 4.24. The molecule has 1 rings (SSSR count). The summed E-state index contributed by atoms with van der Waals surface area (Å²) in [5.41, 5.74) is 0. The SMILES string of the molecule is CC=CC(=O)C1CCC=CC1C. The van der Waals surface area contributed by atoms with Crippen LogP contribution in [0.3, 0.4) is 0 Å². The van der Waals surface area contributed by atoms with Crippen molar-refractivity contribution >= 4 is 5.78 Å². The maximum Gasteiger partial charge on any atom is 0.159 e. The lowest BCUT2D eigenvalue weighted by atomic mass is 9.82. The lowest BCUT2D eigenvalue weighted by molar-refractivity contribution is -0.119. The van der Waals surface area contributed by atoms with Crippen LogP contribution in [-0.2, 0) is 4.79 Å². The van der Waals surface area contributed by atoms with Crippen molar-refractivity contribution in [3.8, 4) is 0 Å². The Bertz CT molecular complexity index is 213. The molecule has 66 valence electrons. The van der Waals surface area contributed by atoms with Gasteiger partial charge < -0.3 is 0 Å². The molecule has 0 aromatic carbocycles. The summed E-state index contributed by atoms with van der Waals surface area (Å²) in [5.74, 6) is 0.933. The van der Waals surface area contributed by atoms with Crippen LogP contribution in [0.5, 0.6) is 0 Å². The van der Waals surface area contributed by atoms with Crippen LogP contribution in [-0.4, -0.2) is 5.78 Å². The van der Waals surface area contributed by atoms with Gasteiger partial charge in [0.1, 0.15) is 0 Å². The number of allylic oxidation sites excluding steroid dienone is 4. The van der Waals surface area contributed by atoms with E-state index in [4.69, 9.17) is 0 Å². The van der Waals surface area contributed by atoms with Crippen LogP contribution < -0.4 is 0 Å². The van der Waals surface area contributed by atoms with Crippen LogP contribution in [0.15, 0.2) is 24.3 Å². The van der Waals surface area contributed by atoms with Crippen molar-refractivity contribution in [1.29, 1.82) is 0 Å². The second-order valence-electron chi connectivity index (χ2n) is 3.37. The highest BCUT2D eigenvalue weighted by Crippen LogP contribution is 2.25. The zero-order valence-corrected chi connectivity index (χ0v) is 7.79. The van der Waals surface area contributed by atoms with E-state index < -0.39 is 0 Å². The molecule has 0 radical (unpaired) electrons. The van der Waals surface area contributed by atoms with Crippen LogP contribution in [0.1, 0.15) is 26.7 Å². The normalized spacial score (nSPS) is 29.5. The maximum atomic E-state index is 11.5. The van der Waals surface area contributed by atoms with Crippen molar-refractivity contribution in [2.45, 2.75) is 26.7 Å². The van der Waals surface area contributed by atoms with Gasteiger partial charge in [-0.25, -0.2) is 0 Å². The van der Waals surface area contributed by atoms with Gasteiger partial charge in [0, 0.05) is 5.92 Å². The quantitative estimate of drug-likeness (QED) is 0.453. The molecule has 2 atom stereocenters. The molecule has 0 heterocycles. The van der Waals surface area contributed by atoms with E-state index in [9.17, 15) is 4.79 Å². The minimum atomic E-state index is 0.228. The Labute approximate surface area is 74.2 Å². The van der Waals surface area contributed by atoms with Gasteiger partial charge in [0.05, 0.1) is 0 Å². The van der Waals surface area contributed by atoms with E-state index in [0.29, 0.717) is 5.92 Å². The van der Waals surface area contributed by atoms with Crippen LogP contribution in [0.25, 0.3) is 0 Å². The molecular weight excluding hydrogens is 148 g/mol. The Hall–Kier alpha value is -0.850. The summed E-state index contributed by atoms with van der Waals surface area (Å²) in [5, 5.41) is 0. The van der Waals surface area contributed by atoms with Gasteiger partial charge >= 0.3 is 0 Å². The molecule has 0 aliphatic heterocycles. The monoisotopic (exact) mass is 164 g/mol. The fraction of sp³-hybridized carbons (Fsp3) is 0.545. The third-order valence-electron chi connectivity index (χ3n) is 2.42. The van der Waals surface area contributed by atoms with E-state index in [1.807, 2.05) is 13.0 Å². The number of hydrogen-bond donors (Lipinski definition) is 0. The number of rotatable bonds is 2. The Balaban J connectivity index is 2.62. The Morgan fingerprint density at radius 1 is 1.58 bits per heavy atom. The molecule has 0 N–H and O–H groups in total. The lowest BCUT2D eigenvalue weighted by Gasteiger charge is -2.21. The Kier molecular flexibility index (Phi) is 3.27. The predicted octanol–water partition coefficient (Wildman–Crippen LogP) is 2.73. The number of hydrogen-bond acceptors (Lipinski definition) is 1. The van der Waals surface area contributed by atoms with Gasteiger partial charge in [-0.05, 0) is 31.8 Å². The van der Waals surface area contributed by atoms with E-state index in [1.165, 1.54) is 0 Å². The number of ketones is 1. The van der Waals surface area contributed by atoms with Gasteiger partial charge in [-0.1, -0.05) is 25.2 Å². The molecular formula is C11H16O. The highest BCUT2D eigenvalue weighted by molar-refractivity contribution is 5.92. The van der Waals surface area contributed by atoms with E-state index in [1.54, 1.807) is 6.08 Å². The summed E-state index contributed by atoms with van der Waals surface area (Å²) in [6.45, 7) is 4.00. The summed E-state index contributed by atoms with van der Waals surface area (Å²) in [4.78, 5) is 11.5. The Morgan fingerprint density at radius 2 is 2.33 bits per heavy atom. The molecule has 1 heteroatoms. The zero-order chi connectivity index (χ0) is 8.97. The number of carbonyl (C=O) groups excluding carboxylic acids is 1. The Morgan fingerprint density at radius 3 is 2.92 bits per heavy atom. The first-order valence-corrected chi connectivity index (χ1v) is 4.59. The lowest BCUT2D eigenvalue weighted by Crippen LogP contribution is -2.21. The van der Waals surface area contributed by atoms with Crippen LogP contribution in [0.2, 0.25) is 0 Å². The van der Waals surface area contributed by atoms with Gasteiger partial charge in [0.15, 0.2) is 5.78 Å². The highest BCUT2D eigenvalue weighted by Gasteiger charge is 2.22. The summed E-state index contributed by atoms with van der Waals surface area (Å²) in [7, 11) is 0. The highest BCUT2D eigenvalue weighted by atomic mass is 16.1. The smallest absolute Gasteiger partial charge is 0.159 e. The van der Waals surface area contributed by atoms with Crippen molar-refractivity contribution in [2.24, 2.45) is 11.8 Å². The van der Waals surface area contributed by atoms with Crippen LogP contribution >= 0.6 is 0 Å². The van der Waals surface area contributed by atoms with E-state index in [2.05, 4.69) is 19.1 Å². The molecule has 0 aromatic heterocycles. The summed E-state index contributed by atoms with van der Waals surface area (Å²) in [6, 6.07) is 0. The third kappa shape index (κ3) is 2.07. The summed E-state index contributed by atoms with van der Waals surface area (Å²) in [6.07, 6.45) is 9.91. The van der Waals surface area contributed by atoms with Crippen LogP contribution in [0.4, 0.5) is 0 Å². The van der Waals surface area contributed by atoms with Gasteiger partial charge in [-0.2, -0.15) is 0 Å². The molecule has 1 aliphatic rings. The minimum absolute atomic E-state index is 0.228. The van der Waals surface area contributed by atoms with E-state index in [0.717, 1.165) is 12.8 Å². The molecule has 0 saturated heterocycles. The van der Waals surface area contributed by atoms with E-state index in [-0.39, 0.29) is 11.7 Å². The predicted molar refractivity (Wildman–Crippen MR) is 50.8 cm³/mol. The largest absolute Gasteiger partial charge is 0.295 e. The third-order valence-corrected chi connectivity index (χ3v) is 2.42. The fourth-order valence-corrected chi connectivity index (χ4v) is 1.67. The fourth-order valence-electron chi connectivity index (χ4n) is 1.67. The van der Waals surface area contributed by atoms with E-state index >= 15 is 0 Å². The van der Waals surface area contributed by atoms with Gasteiger partial charge in [-0.15, -0.1) is 0 Å². The van der Waals surface area contributed by atoms with Gasteiger partial charge in [0.25, 0.3) is 0 Å². The molecule has 1 nitrogen and oxygen atoms in total. The first kappa shape index (κ1) is 9.24. The average molecular weight is 164 g/mol. The van der Waals surface area contributed by atoms with Crippen molar-refractivity contribution in [2.75, 3.05) is 0 Å². The molecule has 0 aromatic rings. The summed E-state index contributed by atoms with van der Waals surface area (Å²) >= 11 is 0. The zero-order valence-electron chi connectivity index (χ0n) is 7.79. The van der Waals surface area contributed by atoms with Crippen molar-refractivity contribution in [1.82, 2.24) is 0 Å². The molecule has 0 bridgehead atoms. The molecule has 2 unspecified atom stereocenters. The van der Waals surface area contributed by atoms with Crippen molar-refractivity contribution in [3.05, 3.63) is 24.3 Å². The second-order valence-corrected chi connectivity index (χ2v) is 3.37. The number of carbonyl (C=O) groups is 1. The average Bonchev–Trinajstić information content (AvgIpc) is 2.05. The minimum Gasteiger partial charge on any atom is -0.295 e. The van der Waals surface area contributed by atoms with Gasteiger partial charge in [-0.3, -0.25) is 4.79 Å². The molecule has 0 fully saturated rings. The molecule has 12 heavy (non-hydrogen) atoms.